The molecule has 0 saturated heterocycles. The van der Waals surface area contributed by atoms with Crippen LogP contribution in [0.1, 0.15) is 49.1 Å². The molecule has 2 aromatic rings. The van der Waals surface area contributed by atoms with Crippen LogP contribution in [0.4, 0.5) is 0 Å². The Morgan fingerprint density at radius 1 is 1.30 bits per heavy atom. The molecule has 0 radical (unpaired) electrons. The average molecular weight is 336 g/mol. The van der Waals surface area contributed by atoms with Gasteiger partial charge < -0.3 is 9.72 Å². The summed E-state index contributed by atoms with van der Waals surface area (Å²) in [5.41, 5.74) is 3.54. The Labute approximate surface area is 126 Å². The highest BCUT2D eigenvalue weighted by Crippen LogP contribution is 2.40. The van der Waals surface area contributed by atoms with Gasteiger partial charge in [0.2, 0.25) is 0 Å². The lowest BCUT2D eigenvalue weighted by Gasteiger charge is -2.21. The average Bonchev–Trinajstić information content (AvgIpc) is 2.81. The molecule has 1 aromatic carbocycles. The van der Waals surface area contributed by atoms with Crippen molar-refractivity contribution in [3.05, 3.63) is 33.9 Å². The number of rotatable bonds is 4. The Morgan fingerprint density at radius 3 is 2.85 bits per heavy atom. The molecule has 1 aliphatic rings. The zero-order chi connectivity index (χ0) is 13.9. The lowest BCUT2D eigenvalue weighted by molar-refractivity contribution is -0.129. The van der Waals surface area contributed by atoms with Crippen LogP contribution in [0.15, 0.2) is 22.8 Å². The summed E-state index contributed by atoms with van der Waals surface area (Å²) in [5.74, 6) is 0.656. The second-order valence-corrected chi connectivity index (χ2v) is 6.27. The van der Waals surface area contributed by atoms with Crippen molar-refractivity contribution < 1.29 is 9.53 Å². The van der Waals surface area contributed by atoms with Gasteiger partial charge >= 0.3 is 0 Å². The van der Waals surface area contributed by atoms with Gasteiger partial charge in [0.05, 0.1) is 4.60 Å². The van der Waals surface area contributed by atoms with E-state index in [0.717, 1.165) is 15.7 Å². The summed E-state index contributed by atoms with van der Waals surface area (Å²) in [6.45, 7) is 0.817. The first-order valence-electron chi connectivity index (χ1n) is 7.15. The SMILES string of the molecule is O=COCc1ccc2c(C3CCCCC3)c(Br)[nH]c2c1. The van der Waals surface area contributed by atoms with Crippen molar-refractivity contribution in [2.24, 2.45) is 0 Å². The van der Waals surface area contributed by atoms with Crippen molar-refractivity contribution in [1.29, 1.82) is 0 Å². The van der Waals surface area contributed by atoms with Crippen molar-refractivity contribution >= 4 is 33.3 Å². The third-order valence-electron chi connectivity index (χ3n) is 4.19. The summed E-state index contributed by atoms with van der Waals surface area (Å²) in [5, 5.41) is 1.29. The number of aromatic amines is 1. The van der Waals surface area contributed by atoms with Crippen LogP contribution < -0.4 is 0 Å². The van der Waals surface area contributed by atoms with E-state index in [0.29, 0.717) is 19.0 Å². The fraction of sp³-hybridized carbons (Fsp3) is 0.438. The van der Waals surface area contributed by atoms with E-state index in [9.17, 15) is 4.79 Å². The molecule has 3 rings (SSSR count). The highest BCUT2D eigenvalue weighted by molar-refractivity contribution is 9.10. The summed E-state index contributed by atoms with van der Waals surface area (Å²) in [6, 6.07) is 6.25. The largest absolute Gasteiger partial charge is 0.463 e. The van der Waals surface area contributed by atoms with Crippen LogP contribution in [-0.2, 0) is 16.1 Å². The topological polar surface area (TPSA) is 42.1 Å². The third kappa shape index (κ3) is 2.62. The van der Waals surface area contributed by atoms with Crippen molar-refractivity contribution in [3.63, 3.8) is 0 Å². The second kappa shape index (κ2) is 6.00. The highest BCUT2D eigenvalue weighted by atomic mass is 79.9. The zero-order valence-electron chi connectivity index (χ0n) is 11.3. The first-order chi connectivity index (χ1) is 9.79. The smallest absolute Gasteiger partial charge is 0.293 e. The maximum absolute atomic E-state index is 10.3. The van der Waals surface area contributed by atoms with Gasteiger partial charge in [-0.3, -0.25) is 4.79 Å². The molecule has 1 saturated carbocycles. The quantitative estimate of drug-likeness (QED) is 0.826. The van der Waals surface area contributed by atoms with Gasteiger partial charge in [-0.25, -0.2) is 0 Å². The van der Waals surface area contributed by atoms with Gasteiger partial charge in [0.25, 0.3) is 6.47 Å². The van der Waals surface area contributed by atoms with E-state index < -0.39 is 0 Å². The van der Waals surface area contributed by atoms with Crippen LogP contribution in [0.25, 0.3) is 10.9 Å². The number of carbonyl (C=O) groups excluding carboxylic acids is 1. The standard InChI is InChI=1S/C16H18BrNO2/c17-16-15(12-4-2-1-3-5-12)13-7-6-11(9-20-10-19)8-14(13)18-16/h6-8,10,12,18H,1-5,9H2. The van der Waals surface area contributed by atoms with Gasteiger partial charge in [-0.15, -0.1) is 0 Å². The molecule has 0 atom stereocenters. The Kier molecular flexibility index (Phi) is 4.10. The van der Waals surface area contributed by atoms with Gasteiger partial charge in [-0.1, -0.05) is 31.4 Å². The van der Waals surface area contributed by atoms with Crippen molar-refractivity contribution in [3.8, 4) is 0 Å². The molecule has 1 N–H and O–H groups in total. The molecule has 0 spiro atoms. The van der Waals surface area contributed by atoms with Crippen LogP contribution in [0.3, 0.4) is 0 Å². The number of H-pyrrole nitrogens is 1. The maximum Gasteiger partial charge on any atom is 0.293 e. The number of carbonyl (C=O) groups is 1. The minimum absolute atomic E-state index is 0.328. The number of ether oxygens (including phenoxy) is 1. The summed E-state index contributed by atoms with van der Waals surface area (Å²) in [4.78, 5) is 13.7. The van der Waals surface area contributed by atoms with Crippen LogP contribution in [0, 0.1) is 0 Å². The van der Waals surface area contributed by atoms with Crippen LogP contribution in [-0.4, -0.2) is 11.5 Å². The number of benzene rings is 1. The van der Waals surface area contributed by atoms with Crippen LogP contribution in [0.5, 0.6) is 0 Å². The normalized spacial score (nSPS) is 16.4. The van der Waals surface area contributed by atoms with E-state index in [1.54, 1.807) is 0 Å². The van der Waals surface area contributed by atoms with E-state index in [2.05, 4.69) is 33.0 Å². The summed E-state index contributed by atoms with van der Waals surface area (Å²) in [6.07, 6.45) is 6.58. The minimum atomic E-state index is 0.328. The van der Waals surface area contributed by atoms with E-state index in [4.69, 9.17) is 4.74 Å². The Morgan fingerprint density at radius 2 is 2.10 bits per heavy atom. The molecule has 4 heteroatoms. The fourth-order valence-electron chi connectivity index (χ4n) is 3.24. The maximum atomic E-state index is 10.3. The lowest BCUT2D eigenvalue weighted by Crippen LogP contribution is -2.04. The Hall–Kier alpha value is -1.29. The Balaban J connectivity index is 1.96. The molecule has 1 fully saturated rings. The van der Waals surface area contributed by atoms with E-state index in [-0.39, 0.29) is 0 Å². The van der Waals surface area contributed by atoms with Gasteiger partial charge in [0.1, 0.15) is 6.61 Å². The molecule has 1 aromatic heterocycles. The fourth-order valence-corrected chi connectivity index (χ4v) is 3.99. The predicted molar refractivity (Wildman–Crippen MR) is 82.7 cm³/mol. The van der Waals surface area contributed by atoms with Crippen LogP contribution in [0.2, 0.25) is 0 Å². The molecule has 1 aliphatic carbocycles. The van der Waals surface area contributed by atoms with Crippen molar-refractivity contribution in [1.82, 2.24) is 4.98 Å². The summed E-state index contributed by atoms with van der Waals surface area (Å²) >= 11 is 3.68. The number of hydrogen-bond acceptors (Lipinski definition) is 2. The number of nitrogens with one attached hydrogen (secondary N) is 1. The lowest BCUT2D eigenvalue weighted by atomic mass is 9.84. The van der Waals surface area contributed by atoms with Gasteiger partial charge in [0.15, 0.2) is 0 Å². The third-order valence-corrected chi connectivity index (χ3v) is 4.81. The van der Waals surface area contributed by atoms with E-state index >= 15 is 0 Å². The summed E-state index contributed by atoms with van der Waals surface area (Å²) in [7, 11) is 0. The number of fused-ring (bicyclic) bond motifs is 1. The molecule has 106 valence electrons. The predicted octanol–water partition coefficient (Wildman–Crippen LogP) is 4.65. The number of aromatic nitrogens is 1. The van der Waals surface area contributed by atoms with Crippen LogP contribution >= 0.6 is 15.9 Å². The molecule has 20 heavy (non-hydrogen) atoms. The van der Waals surface area contributed by atoms with Crippen molar-refractivity contribution in [2.45, 2.75) is 44.6 Å². The van der Waals surface area contributed by atoms with Gasteiger partial charge in [-0.05, 0) is 51.9 Å². The molecular weight excluding hydrogens is 318 g/mol. The molecule has 0 unspecified atom stereocenters. The minimum Gasteiger partial charge on any atom is -0.463 e. The first-order valence-corrected chi connectivity index (χ1v) is 7.94. The second-order valence-electron chi connectivity index (χ2n) is 5.47. The molecular formula is C16H18BrNO2. The van der Waals surface area contributed by atoms with Gasteiger partial charge in [-0.2, -0.15) is 0 Å². The van der Waals surface area contributed by atoms with E-state index in [1.807, 2.05) is 6.07 Å². The van der Waals surface area contributed by atoms with Crippen molar-refractivity contribution in [2.75, 3.05) is 0 Å². The molecule has 0 amide bonds. The highest BCUT2D eigenvalue weighted by Gasteiger charge is 2.21. The molecule has 0 aliphatic heterocycles. The number of halogens is 1. The monoisotopic (exact) mass is 335 g/mol. The molecule has 3 nitrogen and oxygen atoms in total. The Bertz CT molecular complexity index is 614. The summed E-state index contributed by atoms with van der Waals surface area (Å²) < 4.78 is 5.92. The first kappa shape index (κ1) is 13.7. The van der Waals surface area contributed by atoms with Gasteiger partial charge in [0, 0.05) is 10.9 Å². The van der Waals surface area contributed by atoms with E-state index in [1.165, 1.54) is 43.1 Å². The molecule has 1 heterocycles. The zero-order valence-corrected chi connectivity index (χ0v) is 12.9. The molecule has 0 bridgehead atoms. The number of hydrogen-bond donors (Lipinski definition) is 1.